The molecule has 2 N–H and O–H groups in total. The first-order valence-corrected chi connectivity index (χ1v) is 4.68. The summed E-state index contributed by atoms with van der Waals surface area (Å²) in [5.74, 6) is 0. The Balaban J connectivity index is 0.000000845. The van der Waals surface area contributed by atoms with E-state index in [0.29, 0.717) is 5.13 Å². The molecule has 0 unspecified atom stereocenters. The predicted molar refractivity (Wildman–Crippen MR) is 61.0 cm³/mol. The molecule has 0 aliphatic rings. The number of hydrogen-bond acceptors (Lipinski definition) is 3. The van der Waals surface area contributed by atoms with Crippen molar-refractivity contribution in [2.24, 2.45) is 0 Å². The molecule has 0 atom stereocenters. The molecule has 0 saturated carbocycles. The molecule has 13 heavy (non-hydrogen) atoms. The largest absolute Gasteiger partial charge is 0.375 e. The van der Waals surface area contributed by atoms with Crippen LogP contribution in [0.3, 0.4) is 0 Å². The van der Waals surface area contributed by atoms with Crippen LogP contribution in [0.5, 0.6) is 0 Å². The lowest BCUT2D eigenvalue weighted by molar-refractivity contribution is 1.46. The molecule has 0 spiro atoms. The molecule has 1 aromatic heterocycles. The fourth-order valence-corrected chi connectivity index (χ4v) is 2.04. The van der Waals surface area contributed by atoms with E-state index in [9.17, 15) is 0 Å². The van der Waals surface area contributed by atoms with Crippen molar-refractivity contribution in [2.75, 3.05) is 5.73 Å². The molecule has 0 fully saturated rings. The van der Waals surface area contributed by atoms with Gasteiger partial charge in [0, 0.05) is 5.02 Å². The monoisotopic (exact) mass is 234 g/mol. The molecule has 0 amide bonds. The number of benzene rings is 1. The van der Waals surface area contributed by atoms with E-state index in [0.717, 1.165) is 20.8 Å². The van der Waals surface area contributed by atoms with Gasteiger partial charge in [0.15, 0.2) is 5.13 Å². The zero-order valence-electron chi connectivity index (χ0n) is 6.87. The van der Waals surface area contributed by atoms with Gasteiger partial charge < -0.3 is 5.73 Å². The van der Waals surface area contributed by atoms with Gasteiger partial charge in [-0.1, -0.05) is 22.9 Å². The Morgan fingerprint density at radius 2 is 2.15 bits per heavy atom. The van der Waals surface area contributed by atoms with Gasteiger partial charge in [-0.05, 0) is 24.6 Å². The van der Waals surface area contributed by atoms with Gasteiger partial charge in [-0.15, -0.1) is 12.4 Å². The van der Waals surface area contributed by atoms with Crippen LogP contribution in [0.4, 0.5) is 5.13 Å². The Labute approximate surface area is 91.1 Å². The molecule has 0 saturated heterocycles. The first-order chi connectivity index (χ1) is 5.66. The molecule has 0 aliphatic heterocycles. The maximum absolute atomic E-state index is 5.92. The summed E-state index contributed by atoms with van der Waals surface area (Å²) in [5.41, 5.74) is 7.50. The van der Waals surface area contributed by atoms with Crippen LogP contribution in [0.1, 0.15) is 5.56 Å². The van der Waals surface area contributed by atoms with Gasteiger partial charge in [-0.25, -0.2) is 4.98 Å². The second kappa shape index (κ2) is 3.70. The van der Waals surface area contributed by atoms with E-state index in [4.69, 9.17) is 17.3 Å². The van der Waals surface area contributed by atoms with Crippen molar-refractivity contribution < 1.29 is 0 Å². The van der Waals surface area contributed by atoms with E-state index in [1.807, 2.05) is 19.1 Å². The summed E-state index contributed by atoms with van der Waals surface area (Å²) < 4.78 is 1.09. The Kier molecular flexibility index (Phi) is 3.01. The first kappa shape index (κ1) is 10.6. The molecule has 70 valence electrons. The van der Waals surface area contributed by atoms with Crippen LogP contribution in [0.15, 0.2) is 12.1 Å². The average molecular weight is 235 g/mol. The van der Waals surface area contributed by atoms with E-state index < -0.39 is 0 Å². The second-order valence-electron chi connectivity index (χ2n) is 2.62. The van der Waals surface area contributed by atoms with E-state index in [-0.39, 0.29) is 12.4 Å². The minimum Gasteiger partial charge on any atom is -0.375 e. The lowest BCUT2D eigenvalue weighted by Gasteiger charge is -1.94. The number of nitrogen functional groups attached to an aromatic ring is 1. The number of rotatable bonds is 0. The van der Waals surface area contributed by atoms with Crippen molar-refractivity contribution in [3.8, 4) is 0 Å². The Hall–Kier alpha value is -0.510. The fraction of sp³-hybridized carbons (Fsp3) is 0.125. The van der Waals surface area contributed by atoms with E-state index >= 15 is 0 Å². The third-order valence-corrected chi connectivity index (χ3v) is 2.94. The quantitative estimate of drug-likeness (QED) is 0.761. The summed E-state index contributed by atoms with van der Waals surface area (Å²) in [7, 11) is 0. The number of nitrogens with zero attached hydrogens (tertiary/aromatic N) is 1. The molecule has 0 aliphatic carbocycles. The third-order valence-electron chi connectivity index (χ3n) is 1.69. The lowest BCUT2D eigenvalue weighted by Crippen LogP contribution is -1.79. The zero-order chi connectivity index (χ0) is 8.72. The summed E-state index contributed by atoms with van der Waals surface area (Å²) in [6.45, 7) is 1.97. The fourth-order valence-electron chi connectivity index (χ4n) is 1.07. The first-order valence-electron chi connectivity index (χ1n) is 3.49. The Morgan fingerprint density at radius 3 is 2.85 bits per heavy atom. The molecule has 1 aromatic carbocycles. The van der Waals surface area contributed by atoms with Crippen LogP contribution < -0.4 is 5.73 Å². The molecular formula is C8H8Cl2N2S. The van der Waals surface area contributed by atoms with Crippen LogP contribution in [0.2, 0.25) is 5.02 Å². The van der Waals surface area contributed by atoms with Gasteiger partial charge in [0.2, 0.25) is 0 Å². The number of anilines is 1. The Bertz CT molecular complexity index is 400. The SMILES string of the molecule is Cc1cc2sc(N)nc2cc1Cl.Cl. The smallest absolute Gasteiger partial charge is 0.181 e. The van der Waals surface area contributed by atoms with Gasteiger partial charge in [-0.2, -0.15) is 0 Å². The van der Waals surface area contributed by atoms with Gasteiger partial charge in [-0.3, -0.25) is 0 Å². The average Bonchev–Trinajstić information content (AvgIpc) is 2.30. The summed E-state index contributed by atoms with van der Waals surface area (Å²) in [6, 6.07) is 3.85. The number of aromatic nitrogens is 1. The highest BCUT2D eigenvalue weighted by Crippen LogP contribution is 2.28. The molecule has 5 heteroatoms. The van der Waals surface area contributed by atoms with Gasteiger partial charge in [0.25, 0.3) is 0 Å². The van der Waals surface area contributed by atoms with Crippen LogP contribution in [-0.2, 0) is 0 Å². The minimum atomic E-state index is 0. The highest BCUT2D eigenvalue weighted by atomic mass is 35.5. The van der Waals surface area contributed by atoms with Gasteiger partial charge in [0.1, 0.15) is 0 Å². The van der Waals surface area contributed by atoms with Gasteiger partial charge >= 0.3 is 0 Å². The second-order valence-corrected chi connectivity index (χ2v) is 4.09. The van der Waals surface area contributed by atoms with Gasteiger partial charge in [0.05, 0.1) is 10.2 Å². The highest BCUT2D eigenvalue weighted by Gasteiger charge is 2.03. The number of hydrogen-bond donors (Lipinski definition) is 1. The summed E-state index contributed by atoms with van der Waals surface area (Å²) >= 11 is 7.40. The standard InChI is InChI=1S/C8H7ClN2S.ClH/c1-4-2-7-6(3-5(4)9)11-8(10)12-7;/h2-3H,1H3,(H2,10,11);1H. The Morgan fingerprint density at radius 1 is 1.46 bits per heavy atom. The van der Waals surface area contributed by atoms with Crippen molar-refractivity contribution >= 4 is 50.7 Å². The lowest BCUT2D eigenvalue weighted by atomic mass is 10.2. The number of thiazole rings is 1. The van der Waals surface area contributed by atoms with Crippen LogP contribution in [0, 0.1) is 6.92 Å². The van der Waals surface area contributed by atoms with E-state index in [2.05, 4.69) is 4.98 Å². The van der Waals surface area contributed by atoms with Crippen LogP contribution in [0.25, 0.3) is 10.2 Å². The van der Waals surface area contributed by atoms with Crippen molar-refractivity contribution in [2.45, 2.75) is 6.92 Å². The number of fused-ring (bicyclic) bond motifs is 1. The van der Waals surface area contributed by atoms with E-state index in [1.54, 1.807) is 0 Å². The van der Waals surface area contributed by atoms with Crippen LogP contribution >= 0.6 is 35.3 Å². The minimum absolute atomic E-state index is 0. The predicted octanol–water partition coefficient (Wildman–Crippen LogP) is 3.26. The highest BCUT2D eigenvalue weighted by molar-refractivity contribution is 7.22. The molecule has 2 nitrogen and oxygen atoms in total. The molecule has 2 rings (SSSR count). The molecule has 1 heterocycles. The summed E-state index contributed by atoms with van der Waals surface area (Å²) in [5, 5.41) is 1.33. The number of nitrogens with two attached hydrogens (primary N) is 1. The summed E-state index contributed by atoms with van der Waals surface area (Å²) in [6.07, 6.45) is 0. The normalized spacial score (nSPS) is 10.0. The maximum Gasteiger partial charge on any atom is 0.181 e. The van der Waals surface area contributed by atoms with Crippen molar-refractivity contribution in [1.29, 1.82) is 0 Å². The van der Waals surface area contributed by atoms with Crippen LogP contribution in [-0.4, -0.2) is 4.98 Å². The maximum atomic E-state index is 5.92. The molecular weight excluding hydrogens is 227 g/mol. The molecule has 0 bridgehead atoms. The van der Waals surface area contributed by atoms with Crippen molar-refractivity contribution in [3.63, 3.8) is 0 Å². The molecule has 2 aromatic rings. The number of aryl methyl sites for hydroxylation is 1. The summed E-state index contributed by atoms with van der Waals surface area (Å²) in [4.78, 5) is 4.13. The topological polar surface area (TPSA) is 38.9 Å². The molecule has 0 radical (unpaired) electrons. The third kappa shape index (κ3) is 1.88. The number of halogens is 2. The van der Waals surface area contributed by atoms with Crippen molar-refractivity contribution in [1.82, 2.24) is 4.98 Å². The van der Waals surface area contributed by atoms with Crippen molar-refractivity contribution in [3.05, 3.63) is 22.7 Å². The zero-order valence-corrected chi connectivity index (χ0v) is 9.26. The van der Waals surface area contributed by atoms with E-state index in [1.165, 1.54) is 11.3 Å².